The van der Waals surface area contributed by atoms with Crippen molar-refractivity contribution in [2.24, 2.45) is 0 Å². The van der Waals surface area contributed by atoms with Gasteiger partial charge in [0.1, 0.15) is 18.6 Å². The smallest absolute Gasteiger partial charge is 0.339 e. The van der Waals surface area contributed by atoms with Crippen molar-refractivity contribution in [3.63, 3.8) is 0 Å². The van der Waals surface area contributed by atoms with Crippen LogP contribution in [0.5, 0.6) is 0 Å². The summed E-state index contributed by atoms with van der Waals surface area (Å²) in [7, 11) is -9.19. The van der Waals surface area contributed by atoms with Crippen molar-refractivity contribution in [3.8, 4) is 0 Å². The van der Waals surface area contributed by atoms with E-state index >= 15 is 0 Å². The van der Waals surface area contributed by atoms with Gasteiger partial charge in [0.05, 0.1) is 0 Å². The third kappa shape index (κ3) is 7.62. The van der Waals surface area contributed by atoms with E-state index in [2.05, 4.69) is 0 Å². The highest BCUT2D eigenvalue weighted by Gasteiger charge is 2.33. The van der Waals surface area contributed by atoms with Crippen LogP contribution in [-0.2, 0) is 13.9 Å². The molecule has 11 heteroatoms. The van der Waals surface area contributed by atoms with E-state index in [1.807, 2.05) is 0 Å². The summed E-state index contributed by atoms with van der Waals surface area (Å²) in [5.74, 6) is -1.39. The Morgan fingerprint density at radius 3 is 1.65 bits per heavy atom. The van der Waals surface area contributed by atoms with Crippen LogP contribution in [0.3, 0.4) is 0 Å². The largest absolute Gasteiger partial charge is 0.480 e. The van der Waals surface area contributed by atoms with Gasteiger partial charge in [-0.05, 0) is 6.42 Å². The van der Waals surface area contributed by atoms with Crippen molar-refractivity contribution in [1.82, 2.24) is 4.90 Å². The number of carboxylic acid groups (broad SMARTS) is 1. The average molecular weight is 291 g/mol. The summed E-state index contributed by atoms with van der Waals surface area (Å²) in [6.45, 7) is 1.44. The Bertz CT molecular complexity index is 335. The molecular formula is C6H15NO8P2. The van der Waals surface area contributed by atoms with E-state index in [1.165, 1.54) is 6.92 Å². The minimum atomic E-state index is -4.60. The summed E-state index contributed by atoms with van der Waals surface area (Å²) in [5, 5.41) is 8.79. The van der Waals surface area contributed by atoms with Crippen molar-refractivity contribution in [2.45, 2.75) is 19.4 Å². The molecule has 0 aromatic carbocycles. The van der Waals surface area contributed by atoms with Gasteiger partial charge >= 0.3 is 21.2 Å². The molecule has 0 aliphatic heterocycles. The van der Waals surface area contributed by atoms with Gasteiger partial charge in [-0.15, -0.1) is 0 Å². The number of rotatable bonds is 7. The second kappa shape index (κ2) is 6.06. The number of hydrogen-bond acceptors (Lipinski definition) is 4. The van der Waals surface area contributed by atoms with Crippen molar-refractivity contribution < 1.29 is 38.6 Å². The molecule has 5 N–H and O–H groups in total. The molecule has 0 saturated heterocycles. The van der Waals surface area contributed by atoms with E-state index in [4.69, 9.17) is 24.7 Å². The highest BCUT2D eigenvalue weighted by molar-refractivity contribution is 7.52. The predicted octanol–water partition coefficient (Wildman–Crippen LogP) is -0.578. The van der Waals surface area contributed by atoms with Crippen molar-refractivity contribution in [2.75, 3.05) is 12.6 Å². The maximum absolute atomic E-state index is 10.8. The maximum Gasteiger partial charge on any atom is 0.339 e. The highest BCUT2D eigenvalue weighted by Crippen LogP contribution is 2.41. The molecule has 9 nitrogen and oxygen atoms in total. The molecular weight excluding hydrogens is 276 g/mol. The molecule has 0 aromatic heterocycles. The van der Waals surface area contributed by atoms with Gasteiger partial charge in [-0.2, -0.15) is 0 Å². The summed E-state index contributed by atoms with van der Waals surface area (Å²) in [5.41, 5.74) is 0. The minimum Gasteiger partial charge on any atom is -0.480 e. The summed E-state index contributed by atoms with van der Waals surface area (Å²) in [6.07, 6.45) is -2.05. The van der Waals surface area contributed by atoms with Crippen LogP contribution in [0.1, 0.15) is 13.3 Å². The molecule has 0 spiro atoms. The quantitative estimate of drug-likeness (QED) is 0.387. The molecule has 1 atom stereocenters. The summed E-state index contributed by atoms with van der Waals surface area (Å²) >= 11 is 0. The van der Waals surface area contributed by atoms with Crippen LogP contribution in [0, 0.1) is 0 Å². The second-order valence-electron chi connectivity index (χ2n) is 3.46. The molecule has 17 heavy (non-hydrogen) atoms. The SMILES string of the molecule is CCC(C(=O)O)N(CP(=O)(O)O)CP(=O)(O)O. The number of nitrogens with zero attached hydrogens (tertiary/aromatic N) is 1. The first-order valence-electron chi connectivity index (χ1n) is 4.52. The summed E-state index contributed by atoms with van der Waals surface area (Å²) < 4.78 is 21.6. The van der Waals surface area contributed by atoms with Gasteiger partial charge in [0, 0.05) is 0 Å². The van der Waals surface area contributed by atoms with Crippen LogP contribution >= 0.6 is 15.2 Å². The molecule has 0 radical (unpaired) electrons. The van der Waals surface area contributed by atoms with Crippen molar-refractivity contribution in [3.05, 3.63) is 0 Å². The van der Waals surface area contributed by atoms with Crippen molar-refractivity contribution in [1.29, 1.82) is 0 Å². The molecule has 0 aromatic rings. The fourth-order valence-electron chi connectivity index (χ4n) is 1.30. The van der Waals surface area contributed by atoms with Crippen LogP contribution in [0.4, 0.5) is 0 Å². The van der Waals surface area contributed by atoms with Crippen LogP contribution < -0.4 is 0 Å². The number of carbonyl (C=O) groups is 1. The monoisotopic (exact) mass is 291 g/mol. The van der Waals surface area contributed by atoms with E-state index < -0.39 is 39.8 Å². The fraction of sp³-hybridized carbons (Fsp3) is 0.833. The van der Waals surface area contributed by atoms with Crippen LogP contribution in [0.25, 0.3) is 0 Å². The van der Waals surface area contributed by atoms with E-state index in [9.17, 15) is 13.9 Å². The molecule has 102 valence electrons. The molecule has 1 unspecified atom stereocenters. The predicted molar refractivity (Wildman–Crippen MR) is 57.4 cm³/mol. The van der Waals surface area contributed by atoms with Crippen LogP contribution in [-0.4, -0.2) is 54.2 Å². The third-order valence-electron chi connectivity index (χ3n) is 1.84. The Morgan fingerprint density at radius 1 is 1.12 bits per heavy atom. The van der Waals surface area contributed by atoms with E-state index in [0.29, 0.717) is 4.90 Å². The average Bonchev–Trinajstić information content (AvgIpc) is 1.96. The Balaban J connectivity index is 5.02. The van der Waals surface area contributed by atoms with E-state index in [-0.39, 0.29) is 6.42 Å². The first-order chi connectivity index (χ1) is 7.46. The van der Waals surface area contributed by atoms with Gasteiger partial charge in [-0.1, -0.05) is 6.92 Å². The zero-order chi connectivity index (χ0) is 13.9. The Kier molecular flexibility index (Phi) is 5.96. The molecule has 0 fully saturated rings. The second-order valence-corrected chi connectivity index (χ2v) is 6.69. The molecule has 0 saturated carbocycles. The lowest BCUT2D eigenvalue weighted by Crippen LogP contribution is -2.41. The van der Waals surface area contributed by atoms with Gasteiger partial charge in [-0.3, -0.25) is 18.8 Å². The van der Waals surface area contributed by atoms with Crippen LogP contribution in [0.2, 0.25) is 0 Å². The zero-order valence-corrected chi connectivity index (χ0v) is 10.8. The molecule has 0 rings (SSSR count). The number of carboxylic acids is 1. The third-order valence-corrected chi connectivity index (χ3v) is 3.31. The lowest BCUT2D eigenvalue weighted by molar-refractivity contribution is -0.142. The zero-order valence-electron chi connectivity index (χ0n) is 9.00. The normalized spacial score (nSPS) is 14.9. The fourth-order valence-corrected chi connectivity index (χ4v) is 3.00. The van der Waals surface area contributed by atoms with E-state index in [0.717, 1.165) is 0 Å². The van der Waals surface area contributed by atoms with E-state index in [1.54, 1.807) is 0 Å². The lowest BCUT2D eigenvalue weighted by Gasteiger charge is -2.28. The number of aliphatic carboxylic acids is 1. The van der Waals surface area contributed by atoms with Gasteiger partial charge in [-0.25, -0.2) is 0 Å². The molecule has 0 bridgehead atoms. The Morgan fingerprint density at radius 2 is 1.47 bits per heavy atom. The highest BCUT2D eigenvalue weighted by atomic mass is 31.2. The maximum atomic E-state index is 10.8. The Hall–Kier alpha value is -0.270. The first kappa shape index (κ1) is 16.7. The Labute approximate surface area is 97.4 Å². The van der Waals surface area contributed by atoms with Gasteiger partial charge < -0.3 is 24.7 Å². The summed E-state index contributed by atoms with van der Waals surface area (Å²) in [6, 6.07) is -1.35. The molecule has 0 heterocycles. The standard InChI is InChI=1S/C6H15NO8P2/c1-2-5(6(8)9)7(3-16(10,11)12)4-17(13,14)15/h5H,2-4H2,1H3,(H,8,9)(H2,10,11,12)(H2,13,14,15). The number of hydrogen-bond donors (Lipinski definition) is 5. The van der Waals surface area contributed by atoms with Crippen molar-refractivity contribution >= 4 is 21.2 Å². The molecule has 0 aliphatic carbocycles. The molecule has 0 amide bonds. The summed E-state index contributed by atoms with van der Waals surface area (Å²) in [4.78, 5) is 46.3. The molecule has 0 aliphatic rings. The van der Waals surface area contributed by atoms with Gasteiger partial charge in [0.15, 0.2) is 0 Å². The topological polar surface area (TPSA) is 156 Å². The van der Waals surface area contributed by atoms with Gasteiger partial charge in [0.2, 0.25) is 0 Å². The lowest BCUT2D eigenvalue weighted by atomic mass is 10.2. The van der Waals surface area contributed by atoms with Gasteiger partial charge in [0.25, 0.3) is 0 Å². The van der Waals surface area contributed by atoms with Crippen LogP contribution in [0.15, 0.2) is 0 Å². The first-order valence-corrected chi connectivity index (χ1v) is 8.12. The minimum absolute atomic E-state index is 0.0324.